The molecule has 0 aliphatic carbocycles. The van der Waals surface area contributed by atoms with E-state index in [0.29, 0.717) is 6.54 Å². The van der Waals surface area contributed by atoms with Crippen molar-refractivity contribution in [3.05, 3.63) is 12.5 Å². The van der Waals surface area contributed by atoms with Crippen molar-refractivity contribution in [2.45, 2.75) is 38.4 Å². The molecule has 102 valence electrons. The predicted molar refractivity (Wildman–Crippen MR) is 64.5 cm³/mol. The second kappa shape index (κ2) is 5.49. The Bertz CT molecular complexity index is 521. The van der Waals surface area contributed by atoms with Gasteiger partial charge in [-0.15, -0.1) is 0 Å². The van der Waals surface area contributed by atoms with Gasteiger partial charge in [0.1, 0.15) is 6.04 Å². The van der Waals surface area contributed by atoms with E-state index in [1.54, 1.807) is 18.4 Å². The number of carbonyl (C=O) groups is 1. The maximum Gasteiger partial charge on any atom is 0.322 e. The van der Waals surface area contributed by atoms with Crippen molar-refractivity contribution in [1.29, 1.82) is 0 Å². The van der Waals surface area contributed by atoms with Gasteiger partial charge in [-0.3, -0.25) is 4.79 Å². The van der Waals surface area contributed by atoms with Crippen LogP contribution in [-0.2, 0) is 21.4 Å². The number of aliphatic carboxylic acids is 1. The molecule has 1 aromatic rings. The summed E-state index contributed by atoms with van der Waals surface area (Å²) in [7, 11) is -3.90. The fourth-order valence-corrected chi connectivity index (χ4v) is 2.64. The molecule has 1 rings (SSSR count). The van der Waals surface area contributed by atoms with Gasteiger partial charge in [0.05, 0.1) is 6.33 Å². The molecule has 7 nitrogen and oxygen atoms in total. The number of imidazole rings is 1. The van der Waals surface area contributed by atoms with Crippen LogP contribution in [0.15, 0.2) is 17.6 Å². The van der Waals surface area contributed by atoms with Gasteiger partial charge in [0.25, 0.3) is 10.0 Å². The minimum absolute atomic E-state index is 0.170. The van der Waals surface area contributed by atoms with E-state index in [4.69, 9.17) is 5.11 Å². The Morgan fingerprint density at radius 3 is 2.56 bits per heavy atom. The zero-order valence-electron chi connectivity index (χ0n) is 10.5. The molecule has 0 aromatic carbocycles. The molecule has 0 amide bonds. The van der Waals surface area contributed by atoms with Crippen LogP contribution in [0.25, 0.3) is 0 Å². The fraction of sp³-hybridized carbons (Fsp3) is 0.600. The van der Waals surface area contributed by atoms with Crippen LogP contribution in [0, 0.1) is 5.92 Å². The van der Waals surface area contributed by atoms with Gasteiger partial charge in [0, 0.05) is 12.7 Å². The van der Waals surface area contributed by atoms with Crippen LogP contribution in [0.5, 0.6) is 0 Å². The van der Waals surface area contributed by atoms with Crippen LogP contribution in [0.2, 0.25) is 0 Å². The molecule has 0 fully saturated rings. The molecule has 0 spiro atoms. The Morgan fingerprint density at radius 2 is 2.17 bits per heavy atom. The number of carboxylic acid groups (broad SMARTS) is 1. The Hall–Kier alpha value is -1.41. The third-order valence-electron chi connectivity index (χ3n) is 2.46. The van der Waals surface area contributed by atoms with E-state index in [2.05, 4.69) is 9.71 Å². The molecule has 0 saturated heterocycles. The maximum absolute atomic E-state index is 11.9. The third kappa shape index (κ3) is 3.30. The predicted octanol–water partition coefficient (Wildman–Crippen LogP) is 0.290. The molecule has 1 atom stereocenters. The van der Waals surface area contributed by atoms with Crippen LogP contribution in [-0.4, -0.2) is 35.1 Å². The second-order valence-electron chi connectivity index (χ2n) is 4.22. The molecule has 1 heterocycles. The van der Waals surface area contributed by atoms with E-state index >= 15 is 0 Å². The summed E-state index contributed by atoms with van der Waals surface area (Å²) >= 11 is 0. The highest BCUT2D eigenvalue weighted by atomic mass is 32.2. The van der Waals surface area contributed by atoms with E-state index in [1.807, 2.05) is 6.92 Å². The lowest BCUT2D eigenvalue weighted by molar-refractivity contribution is -0.140. The molecular formula is C10H17N3O4S. The maximum atomic E-state index is 11.9. The van der Waals surface area contributed by atoms with Gasteiger partial charge >= 0.3 is 5.97 Å². The lowest BCUT2D eigenvalue weighted by Crippen LogP contribution is -2.44. The highest BCUT2D eigenvalue weighted by molar-refractivity contribution is 7.89. The topological polar surface area (TPSA) is 101 Å². The van der Waals surface area contributed by atoms with E-state index in [1.165, 1.54) is 12.5 Å². The zero-order chi connectivity index (χ0) is 13.9. The third-order valence-corrected chi connectivity index (χ3v) is 3.79. The fourth-order valence-electron chi connectivity index (χ4n) is 1.35. The number of nitrogens with one attached hydrogen (secondary N) is 1. The summed E-state index contributed by atoms with van der Waals surface area (Å²) in [6.07, 6.45) is 2.75. The lowest BCUT2D eigenvalue weighted by Gasteiger charge is -2.16. The highest BCUT2D eigenvalue weighted by Crippen LogP contribution is 2.10. The average molecular weight is 275 g/mol. The first-order valence-corrected chi connectivity index (χ1v) is 7.03. The first kappa shape index (κ1) is 14.7. The average Bonchev–Trinajstić information content (AvgIpc) is 2.74. The van der Waals surface area contributed by atoms with Crippen LogP contribution in [0.1, 0.15) is 20.8 Å². The number of sulfonamides is 1. The van der Waals surface area contributed by atoms with Crippen LogP contribution < -0.4 is 4.72 Å². The summed E-state index contributed by atoms with van der Waals surface area (Å²) in [6.45, 7) is 5.70. The summed E-state index contributed by atoms with van der Waals surface area (Å²) < 4.78 is 27.6. The van der Waals surface area contributed by atoms with Crippen molar-refractivity contribution in [1.82, 2.24) is 14.3 Å². The van der Waals surface area contributed by atoms with Crippen molar-refractivity contribution in [3.8, 4) is 0 Å². The Balaban J connectivity index is 2.96. The highest BCUT2D eigenvalue weighted by Gasteiger charge is 2.29. The molecule has 2 N–H and O–H groups in total. The van der Waals surface area contributed by atoms with Gasteiger partial charge in [-0.2, -0.15) is 4.72 Å². The molecule has 8 heteroatoms. The second-order valence-corrected chi connectivity index (χ2v) is 5.88. The van der Waals surface area contributed by atoms with Gasteiger partial charge in [0.2, 0.25) is 0 Å². The number of aromatic nitrogens is 2. The first-order valence-electron chi connectivity index (χ1n) is 5.54. The molecule has 1 aromatic heterocycles. The molecule has 0 aliphatic rings. The van der Waals surface area contributed by atoms with Crippen molar-refractivity contribution >= 4 is 16.0 Å². The summed E-state index contributed by atoms with van der Waals surface area (Å²) in [6, 6.07) is -1.17. The van der Waals surface area contributed by atoms with E-state index in [9.17, 15) is 13.2 Å². The molecule has 0 unspecified atom stereocenters. The zero-order valence-corrected chi connectivity index (χ0v) is 11.3. The minimum atomic E-state index is -3.90. The Labute approximate surface area is 106 Å². The minimum Gasteiger partial charge on any atom is -0.480 e. The van der Waals surface area contributed by atoms with Crippen LogP contribution >= 0.6 is 0 Å². The normalized spacial score (nSPS) is 13.8. The standard InChI is InChI=1S/C10H17N3O4S/c1-4-13-5-8(11-6-13)18(16,17)12-9(7(2)3)10(14)15/h5-7,9,12H,4H2,1-3H3,(H,14,15)/t9-/m1/s1. The van der Waals surface area contributed by atoms with Gasteiger partial charge in [0.15, 0.2) is 5.03 Å². The van der Waals surface area contributed by atoms with Gasteiger partial charge in [-0.1, -0.05) is 13.8 Å². The van der Waals surface area contributed by atoms with E-state index in [-0.39, 0.29) is 10.9 Å². The molecule has 0 aliphatic heterocycles. The summed E-state index contributed by atoms with van der Waals surface area (Å²) in [5, 5.41) is 8.78. The van der Waals surface area contributed by atoms with Crippen LogP contribution in [0.4, 0.5) is 0 Å². The van der Waals surface area contributed by atoms with E-state index in [0.717, 1.165) is 0 Å². The monoisotopic (exact) mass is 275 g/mol. The molecule has 0 radical (unpaired) electrons. The smallest absolute Gasteiger partial charge is 0.322 e. The molecular weight excluding hydrogens is 258 g/mol. The van der Waals surface area contributed by atoms with Gasteiger partial charge in [-0.25, -0.2) is 13.4 Å². The number of nitrogens with zero attached hydrogens (tertiary/aromatic N) is 2. The number of hydrogen-bond donors (Lipinski definition) is 2. The molecule has 18 heavy (non-hydrogen) atoms. The van der Waals surface area contributed by atoms with Gasteiger partial charge in [-0.05, 0) is 12.8 Å². The first-order chi connectivity index (χ1) is 8.27. The Morgan fingerprint density at radius 1 is 1.56 bits per heavy atom. The number of rotatable bonds is 6. The largest absolute Gasteiger partial charge is 0.480 e. The van der Waals surface area contributed by atoms with Crippen molar-refractivity contribution in [2.24, 2.45) is 5.92 Å². The van der Waals surface area contributed by atoms with Crippen molar-refractivity contribution in [2.75, 3.05) is 0 Å². The number of hydrogen-bond acceptors (Lipinski definition) is 4. The number of carboxylic acids is 1. The SMILES string of the molecule is CCn1cnc(S(=O)(=O)N[C@@H](C(=O)O)C(C)C)c1. The summed E-state index contributed by atoms with van der Waals surface area (Å²) in [5.74, 6) is -1.56. The van der Waals surface area contributed by atoms with Crippen molar-refractivity contribution < 1.29 is 18.3 Å². The van der Waals surface area contributed by atoms with Crippen molar-refractivity contribution in [3.63, 3.8) is 0 Å². The van der Waals surface area contributed by atoms with Crippen LogP contribution in [0.3, 0.4) is 0 Å². The van der Waals surface area contributed by atoms with E-state index < -0.39 is 22.0 Å². The summed E-state index contributed by atoms with van der Waals surface area (Å²) in [4.78, 5) is 14.7. The molecule has 0 saturated carbocycles. The lowest BCUT2D eigenvalue weighted by atomic mass is 10.1. The summed E-state index contributed by atoms with van der Waals surface area (Å²) in [5.41, 5.74) is 0. The molecule has 0 bridgehead atoms. The Kier molecular flexibility index (Phi) is 4.47. The quantitative estimate of drug-likeness (QED) is 0.777. The number of aryl methyl sites for hydroxylation is 1. The van der Waals surface area contributed by atoms with Gasteiger partial charge < -0.3 is 9.67 Å².